The predicted octanol–water partition coefficient (Wildman–Crippen LogP) is 4.39. The third-order valence-corrected chi connectivity index (χ3v) is 5.72. The zero-order valence-corrected chi connectivity index (χ0v) is 17.3. The number of methoxy groups -OCH3 is 1. The van der Waals surface area contributed by atoms with Gasteiger partial charge in [0.2, 0.25) is 0 Å². The van der Waals surface area contributed by atoms with Crippen LogP contribution in [0.25, 0.3) is 27.9 Å². The quantitative estimate of drug-likeness (QED) is 0.499. The number of aromatic nitrogens is 2. The molecule has 1 fully saturated rings. The molecule has 0 unspecified atom stereocenters. The highest BCUT2D eigenvalue weighted by Gasteiger charge is 2.17. The Hall–Kier alpha value is -3.82. The van der Waals surface area contributed by atoms with Crippen LogP contribution in [0.4, 0.5) is 5.69 Å². The molecule has 0 radical (unpaired) electrons. The van der Waals surface area contributed by atoms with E-state index in [0.717, 1.165) is 60.0 Å². The van der Waals surface area contributed by atoms with Crippen molar-refractivity contribution in [1.29, 1.82) is 5.26 Å². The molecule has 3 heterocycles. The number of anilines is 1. The summed E-state index contributed by atoms with van der Waals surface area (Å²) in [5, 5.41) is 9.17. The fourth-order valence-electron chi connectivity index (χ4n) is 4.11. The van der Waals surface area contributed by atoms with Crippen molar-refractivity contribution in [2.45, 2.75) is 0 Å². The molecule has 0 N–H and O–H groups in total. The second kappa shape index (κ2) is 8.13. The van der Waals surface area contributed by atoms with Gasteiger partial charge in [0, 0.05) is 24.3 Å². The van der Waals surface area contributed by atoms with Crippen LogP contribution < -0.4 is 9.64 Å². The summed E-state index contributed by atoms with van der Waals surface area (Å²) in [6.45, 7) is 3.34. The SMILES string of the molecule is COc1cc(-c2ccc(C#N)cc2)c(-c2ccc(N3CCOCC3)cc2)n2cncc12. The number of benzene rings is 2. The van der Waals surface area contributed by atoms with Gasteiger partial charge in [-0.3, -0.25) is 4.40 Å². The lowest BCUT2D eigenvalue weighted by atomic mass is 9.97. The van der Waals surface area contributed by atoms with E-state index in [-0.39, 0.29) is 0 Å². The fraction of sp³-hybridized carbons (Fsp3) is 0.200. The first kappa shape index (κ1) is 19.2. The number of hydrogen-bond acceptors (Lipinski definition) is 5. The normalized spacial score (nSPS) is 13.9. The Balaban J connectivity index is 1.66. The highest BCUT2D eigenvalue weighted by Crippen LogP contribution is 2.38. The Labute approximate surface area is 180 Å². The number of morpholine rings is 1. The molecule has 31 heavy (non-hydrogen) atoms. The maximum atomic E-state index is 9.17. The minimum atomic E-state index is 0.635. The number of ether oxygens (including phenoxy) is 2. The Morgan fingerprint density at radius 3 is 2.39 bits per heavy atom. The van der Waals surface area contributed by atoms with Gasteiger partial charge in [-0.15, -0.1) is 0 Å². The average molecular weight is 410 g/mol. The van der Waals surface area contributed by atoms with Gasteiger partial charge >= 0.3 is 0 Å². The molecule has 6 heteroatoms. The van der Waals surface area contributed by atoms with Crippen molar-refractivity contribution in [2.75, 3.05) is 38.3 Å². The van der Waals surface area contributed by atoms with Gasteiger partial charge in [-0.25, -0.2) is 4.98 Å². The minimum Gasteiger partial charge on any atom is -0.494 e. The van der Waals surface area contributed by atoms with E-state index < -0.39 is 0 Å². The number of nitrogens with zero attached hydrogens (tertiary/aromatic N) is 4. The van der Waals surface area contributed by atoms with Gasteiger partial charge in [0.25, 0.3) is 0 Å². The predicted molar refractivity (Wildman–Crippen MR) is 120 cm³/mol. The molecule has 0 amide bonds. The van der Waals surface area contributed by atoms with Crippen molar-refractivity contribution in [1.82, 2.24) is 9.38 Å². The van der Waals surface area contributed by atoms with Gasteiger partial charge in [-0.2, -0.15) is 5.26 Å². The third-order valence-electron chi connectivity index (χ3n) is 5.72. The van der Waals surface area contributed by atoms with Gasteiger partial charge in [0.15, 0.2) is 0 Å². The summed E-state index contributed by atoms with van der Waals surface area (Å²) in [6, 6.07) is 20.5. The molecule has 4 aromatic rings. The summed E-state index contributed by atoms with van der Waals surface area (Å²) in [5.41, 5.74) is 6.89. The first-order chi connectivity index (χ1) is 15.3. The lowest BCUT2D eigenvalue weighted by molar-refractivity contribution is 0.122. The average Bonchev–Trinajstić information content (AvgIpc) is 3.34. The number of imidazole rings is 1. The molecule has 1 aliphatic heterocycles. The zero-order valence-electron chi connectivity index (χ0n) is 17.3. The van der Waals surface area contributed by atoms with E-state index in [1.54, 1.807) is 7.11 Å². The van der Waals surface area contributed by atoms with E-state index in [0.29, 0.717) is 5.56 Å². The smallest absolute Gasteiger partial charge is 0.145 e. The lowest BCUT2D eigenvalue weighted by Crippen LogP contribution is -2.36. The standard InChI is InChI=1S/C25H22N4O2/c1-30-24-14-22(19-4-2-18(15-26)3-5-19)25(29-17-27-16-23(24)29)20-6-8-21(9-7-20)28-10-12-31-13-11-28/h2-9,14,16-17H,10-13H2,1H3. The molecule has 154 valence electrons. The van der Waals surface area contributed by atoms with Gasteiger partial charge < -0.3 is 14.4 Å². The van der Waals surface area contributed by atoms with Crippen molar-refractivity contribution in [2.24, 2.45) is 0 Å². The van der Waals surface area contributed by atoms with Crippen LogP contribution in [-0.2, 0) is 4.74 Å². The number of fused-ring (bicyclic) bond motifs is 1. The van der Waals surface area contributed by atoms with Gasteiger partial charge in [0.1, 0.15) is 11.3 Å². The highest BCUT2D eigenvalue weighted by molar-refractivity contribution is 5.86. The summed E-state index contributed by atoms with van der Waals surface area (Å²) >= 11 is 0. The fourth-order valence-corrected chi connectivity index (χ4v) is 4.11. The molecular weight excluding hydrogens is 388 g/mol. The molecular formula is C25H22N4O2. The second-order valence-corrected chi connectivity index (χ2v) is 7.46. The lowest BCUT2D eigenvalue weighted by Gasteiger charge is -2.29. The second-order valence-electron chi connectivity index (χ2n) is 7.46. The van der Waals surface area contributed by atoms with Crippen LogP contribution in [0.2, 0.25) is 0 Å². The number of hydrogen-bond donors (Lipinski definition) is 0. The first-order valence-corrected chi connectivity index (χ1v) is 10.2. The number of nitriles is 1. The van der Waals surface area contributed by atoms with Crippen LogP contribution in [0.15, 0.2) is 67.1 Å². The molecule has 5 rings (SSSR count). The summed E-state index contributed by atoms with van der Waals surface area (Å²) < 4.78 is 13.2. The monoisotopic (exact) mass is 410 g/mol. The molecule has 0 bridgehead atoms. The van der Waals surface area contributed by atoms with E-state index in [2.05, 4.69) is 44.6 Å². The molecule has 0 aliphatic carbocycles. The van der Waals surface area contributed by atoms with E-state index in [9.17, 15) is 0 Å². The molecule has 6 nitrogen and oxygen atoms in total. The Kier molecular flexibility index (Phi) is 5.03. The van der Waals surface area contributed by atoms with E-state index in [1.165, 1.54) is 5.69 Å². The number of rotatable bonds is 4. The Morgan fingerprint density at radius 2 is 1.71 bits per heavy atom. The van der Waals surface area contributed by atoms with E-state index in [1.807, 2.05) is 42.9 Å². The van der Waals surface area contributed by atoms with Crippen LogP contribution >= 0.6 is 0 Å². The van der Waals surface area contributed by atoms with Crippen LogP contribution in [-0.4, -0.2) is 42.8 Å². The van der Waals surface area contributed by atoms with Gasteiger partial charge in [-0.05, 0) is 41.5 Å². The van der Waals surface area contributed by atoms with E-state index in [4.69, 9.17) is 14.7 Å². The Morgan fingerprint density at radius 1 is 1.00 bits per heavy atom. The van der Waals surface area contributed by atoms with Crippen LogP contribution in [0, 0.1) is 11.3 Å². The van der Waals surface area contributed by atoms with Crippen molar-refractivity contribution >= 4 is 11.2 Å². The molecule has 2 aromatic heterocycles. The van der Waals surface area contributed by atoms with Crippen molar-refractivity contribution in [3.8, 4) is 34.2 Å². The summed E-state index contributed by atoms with van der Waals surface area (Å²) in [6.07, 6.45) is 3.63. The minimum absolute atomic E-state index is 0.635. The topological polar surface area (TPSA) is 62.8 Å². The van der Waals surface area contributed by atoms with Crippen molar-refractivity contribution in [3.05, 3.63) is 72.7 Å². The van der Waals surface area contributed by atoms with Crippen LogP contribution in [0.1, 0.15) is 5.56 Å². The highest BCUT2D eigenvalue weighted by atomic mass is 16.5. The molecule has 0 atom stereocenters. The molecule has 1 aliphatic rings. The summed E-state index contributed by atoms with van der Waals surface area (Å²) in [7, 11) is 1.67. The van der Waals surface area contributed by atoms with Gasteiger partial charge in [0.05, 0.1) is 50.2 Å². The van der Waals surface area contributed by atoms with Crippen LogP contribution in [0.5, 0.6) is 5.75 Å². The number of pyridine rings is 1. The first-order valence-electron chi connectivity index (χ1n) is 10.2. The van der Waals surface area contributed by atoms with Gasteiger partial charge in [-0.1, -0.05) is 24.3 Å². The van der Waals surface area contributed by atoms with Crippen molar-refractivity contribution in [3.63, 3.8) is 0 Å². The van der Waals surface area contributed by atoms with Crippen molar-refractivity contribution < 1.29 is 9.47 Å². The maximum Gasteiger partial charge on any atom is 0.145 e. The van der Waals surface area contributed by atoms with Crippen LogP contribution in [0.3, 0.4) is 0 Å². The largest absolute Gasteiger partial charge is 0.494 e. The zero-order chi connectivity index (χ0) is 21.2. The molecule has 0 saturated carbocycles. The Bertz CT molecular complexity index is 1250. The third kappa shape index (κ3) is 3.49. The molecule has 1 saturated heterocycles. The summed E-state index contributed by atoms with van der Waals surface area (Å²) in [4.78, 5) is 6.71. The molecule has 0 spiro atoms. The maximum absolute atomic E-state index is 9.17. The summed E-state index contributed by atoms with van der Waals surface area (Å²) in [5.74, 6) is 0.755. The van der Waals surface area contributed by atoms with E-state index >= 15 is 0 Å². The molecule has 2 aromatic carbocycles.